The number of hydrogen-bond donors (Lipinski definition) is 0. The smallest absolute Gasteiger partial charge is 0.277 e. The summed E-state index contributed by atoms with van der Waals surface area (Å²) in [6.07, 6.45) is 3.63. The molecule has 0 aromatic carbocycles. The maximum Gasteiger partial charge on any atom is 0.277 e. The van der Waals surface area contributed by atoms with E-state index in [9.17, 15) is 0 Å². The molecular weight excluding hydrogens is 346 g/mol. The van der Waals surface area contributed by atoms with Crippen LogP contribution in [0.15, 0.2) is 21.1 Å². The Labute approximate surface area is 147 Å². The van der Waals surface area contributed by atoms with Crippen molar-refractivity contribution in [2.45, 2.75) is 44.1 Å². The molecule has 4 rings (SSSR count). The second-order valence-corrected chi connectivity index (χ2v) is 9.05. The highest BCUT2D eigenvalue weighted by molar-refractivity contribution is 7.98. The molecule has 3 heterocycles. The van der Waals surface area contributed by atoms with Crippen LogP contribution in [0.3, 0.4) is 0 Å². The molecular formula is C16H17N3OS3. The molecule has 0 N–H and O–H groups in total. The first-order chi connectivity index (χ1) is 11.2. The molecule has 4 nitrogen and oxygen atoms in total. The third kappa shape index (κ3) is 3.36. The van der Waals surface area contributed by atoms with Gasteiger partial charge in [-0.3, -0.25) is 0 Å². The molecule has 23 heavy (non-hydrogen) atoms. The Morgan fingerprint density at radius 1 is 1.39 bits per heavy atom. The third-order valence-corrected chi connectivity index (χ3v) is 6.86. The number of thiazole rings is 1. The number of rotatable bonds is 4. The van der Waals surface area contributed by atoms with E-state index in [0.717, 1.165) is 27.2 Å². The van der Waals surface area contributed by atoms with Crippen molar-refractivity contribution in [3.8, 4) is 10.8 Å². The molecule has 0 fully saturated rings. The molecule has 120 valence electrons. The summed E-state index contributed by atoms with van der Waals surface area (Å²) in [5, 5.41) is 12.2. The van der Waals surface area contributed by atoms with Crippen LogP contribution < -0.4 is 0 Å². The van der Waals surface area contributed by atoms with Gasteiger partial charge in [-0.05, 0) is 43.7 Å². The summed E-state index contributed by atoms with van der Waals surface area (Å²) in [6, 6.07) is 2.24. The highest BCUT2D eigenvalue weighted by Crippen LogP contribution is 2.37. The monoisotopic (exact) mass is 363 g/mol. The Morgan fingerprint density at radius 2 is 2.30 bits per heavy atom. The van der Waals surface area contributed by atoms with E-state index in [-0.39, 0.29) is 0 Å². The van der Waals surface area contributed by atoms with Crippen molar-refractivity contribution in [3.05, 3.63) is 32.6 Å². The van der Waals surface area contributed by atoms with Crippen LogP contribution in [0, 0.1) is 12.8 Å². The van der Waals surface area contributed by atoms with Gasteiger partial charge >= 0.3 is 0 Å². The minimum atomic E-state index is 0.616. The molecule has 0 spiro atoms. The minimum absolute atomic E-state index is 0.616. The largest absolute Gasteiger partial charge is 0.410 e. The lowest BCUT2D eigenvalue weighted by Crippen LogP contribution is -2.07. The number of thiophene rings is 1. The number of nitrogens with zero attached hydrogens (tertiary/aromatic N) is 3. The molecule has 3 aromatic heterocycles. The maximum absolute atomic E-state index is 5.83. The summed E-state index contributed by atoms with van der Waals surface area (Å²) in [4.78, 5) is 7.05. The normalized spacial score (nSPS) is 17.4. The van der Waals surface area contributed by atoms with Crippen molar-refractivity contribution in [2.24, 2.45) is 5.92 Å². The van der Waals surface area contributed by atoms with Gasteiger partial charge in [0, 0.05) is 16.0 Å². The number of hydrogen-bond acceptors (Lipinski definition) is 7. The zero-order valence-electron chi connectivity index (χ0n) is 13.0. The summed E-state index contributed by atoms with van der Waals surface area (Å²) in [6.45, 7) is 4.34. The number of fused-ring (bicyclic) bond motifs is 1. The minimum Gasteiger partial charge on any atom is -0.410 e. The van der Waals surface area contributed by atoms with Gasteiger partial charge in [-0.2, -0.15) is 0 Å². The van der Waals surface area contributed by atoms with Crippen molar-refractivity contribution < 1.29 is 4.42 Å². The molecule has 1 aliphatic carbocycles. The average molecular weight is 364 g/mol. The standard InChI is InChI=1S/C16H17N3OS3/c1-9-3-4-13-11(5-9)6-14(23-13)15-18-19-16(20-15)22-8-12-7-21-10(2)17-12/h6-7,9H,3-5,8H2,1-2H3/t9-/m1/s1. The fourth-order valence-corrected chi connectivity index (χ4v) is 5.29. The Bertz CT molecular complexity index is 820. The van der Waals surface area contributed by atoms with Crippen LogP contribution in [0.2, 0.25) is 0 Å². The van der Waals surface area contributed by atoms with Crippen LogP contribution in [0.1, 0.15) is 34.5 Å². The molecule has 0 saturated carbocycles. The molecule has 7 heteroatoms. The Kier molecular flexibility index (Phi) is 4.26. The fraction of sp³-hybridized carbons (Fsp3) is 0.438. The third-order valence-electron chi connectivity index (χ3n) is 3.96. The molecule has 0 bridgehead atoms. The lowest BCUT2D eigenvalue weighted by molar-refractivity contribution is 0.466. The van der Waals surface area contributed by atoms with E-state index in [2.05, 4.69) is 33.6 Å². The molecule has 0 aliphatic heterocycles. The summed E-state index contributed by atoms with van der Waals surface area (Å²) < 4.78 is 5.83. The average Bonchev–Trinajstić information content (AvgIpc) is 3.23. The highest BCUT2D eigenvalue weighted by atomic mass is 32.2. The summed E-state index contributed by atoms with van der Waals surface area (Å²) >= 11 is 5.02. The van der Waals surface area contributed by atoms with Crippen LogP contribution in [0.5, 0.6) is 0 Å². The summed E-state index contributed by atoms with van der Waals surface area (Å²) in [7, 11) is 0. The van der Waals surface area contributed by atoms with E-state index < -0.39 is 0 Å². The van der Waals surface area contributed by atoms with E-state index in [4.69, 9.17) is 4.42 Å². The van der Waals surface area contributed by atoms with Crippen molar-refractivity contribution in [3.63, 3.8) is 0 Å². The Hall–Kier alpha value is -1.18. The van der Waals surface area contributed by atoms with Crippen LogP contribution in [-0.4, -0.2) is 15.2 Å². The van der Waals surface area contributed by atoms with Gasteiger partial charge in [0.2, 0.25) is 0 Å². The summed E-state index contributed by atoms with van der Waals surface area (Å²) in [5.41, 5.74) is 2.53. The highest BCUT2D eigenvalue weighted by Gasteiger charge is 2.21. The zero-order valence-corrected chi connectivity index (χ0v) is 15.5. The van der Waals surface area contributed by atoms with Crippen molar-refractivity contribution in [1.82, 2.24) is 15.2 Å². The van der Waals surface area contributed by atoms with Gasteiger partial charge in [0.15, 0.2) is 0 Å². The molecule has 0 unspecified atom stereocenters. The van der Waals surface area contributed by atoms with Crippen molar-refractivity contribution in [1.29, 1.82) is 0 Å². The van der Waals surface area contributed by atoms with Gasteiger partial charge in [-0.15, -0.1) is 32.9 Å². The Morgan fingerprint density at radius 3 is 3.13 bits per heavy atom. The van der Waals surface area contributed by atoms with E-state index >= 15 is 0 Å². The number of aryl methyl sites for hydroxylation is 2. The quantitative estimate of drug-likeness (QED) is 0.612. The first-order valence-corrected chi connectivity index (χ1v) is 10.3. The van der Waals surface area contributed by atoms with Crippen molar-refractivity contribution in [2.75, 3.05) is 0 Å². The van der Waals surface area contributed by atoms with Gasteiger partial charge in [-0.25, -0.2) is 4.98 Å². The number of thioether (sulfide) groups is 1. The first-order valence-electron chi connectivity index (χ1n) is 7.66. The fourth-order valence-electron chi connectivity index (χ4n) is 2.79. The van der Waals surface area contributed by atoms with Crippen LogP contribution >= 0.6 is 34.4 Å². The molecule has 3 aromatic rings. The van der Waals surface area contributed by atoms with Crippen LogP contribution in [0.4, 0.5) is 0 Å². The van der Waals surface area contributed by atoms with Gasteiger partial charge in [0.1, 0.15) is 0 Å². The lowest BCUT2D eigenvalue weighted by Gasteiger charge is -2.16. The maximum atomic E-state index is 5.83. The van der Waals surface area contributed by atoms with E-state index in [1.165, 1.54) is 29.7 Å². The molecule has 0 saturated heterocycles. The summed E-state index contributed by atoms with van der Waals surface area (Å²) in [5.74, 6) is 2.19. The second kappa shape index (κ2) is 6.37. The lowest BCUT2D eigenvalue weighted by atomic mass is 9.90. The van der Waals surface area contributed by atoms with Gasteiger partial charge in [0.25, 0.3) is 11.1 Å². The predicted octanol–water partition coefficient (Wildman–Crippen LogP) is 4.98. The predicted molar refractivity (Wildman–Crippen MR) is 95.2 cm³/mol. The zero-order chi connectivity index (χ0) is 15.8. The van der Waals surface area contributed by atoms with Gasteiger partial charge in [-0.1, -0.05) is 18.7 Å². The number of aromatic nitrogens is 3. The molecule has 0 amide bonds. The van der Waals surface area contributed by atoms with Crippen molar-refractivity contribution >= 4 is 34.4 Å². The molecule has 1 aliphatic rings. The van der Waals surface area contributed by atoms with Gasteiger partial charge in [0.05, 0.1) is 15.6 Å². The van der Waals surface area contributed by atoms with E-state index in [0.29, 0.717) is 11.1 Å². The SMILES string of the molecule is Cc1nc(CSc2nnc(-c3cc4c(s3)CC[C@@H](C)C4)o2)cs1. The van der Waals surface area contributed by atoms with Crippen LogP contribution in [0.25, 0.3) is 10.8 Å². The molecule has 0 radical (unpaired) electrons. The molecule has 1 atom stereocenters. The second-order valence-electron chi connectivity index (χ2n) is 5.93. The Balaban J connectivity index is 1.47. The van der Waals surface area contributed by atoms with E-state index in [1.807, 2.05) is 6.92 Å². The van der Waals surface area contributed by atoms with Crippen LogP contribution in [-0.2, 0) is 18.6 Å². The van der Waals surface area contributed by atoms with Gasteiger partial charge < -0.3 is 4.42 Å². The topological polar surface area (TPSA) is 51.8 Å². The first kappa shape index (κ1) is 15.4. The van der Waals surface area contributed by atoms with E-state index in [1.54, 1.807) is 34.4 Å².